The lowest BCUT2D eigenvalue weighted by Crippen LogP contribution is -2.24. The zero-order valence-corrected chi connectivity index (χ0v) is 11.7. The first-order valence-corrected chi connectivity index (χ1v) is 8.40. The van der Waals surface area contributed by atoms with Crippen molar-refractivity contribution >= 4 is 10.0 Å². The van der Waals surface area contributed by atoms with E-state index in [2.05, 4.69) is 4.72 Å². The van der Waals surface area contributed by atoms with Gasteiger partial charge >= 0.3 is 0 Å². The predicted octanol–water partition coefficient (Wildman–Crippen LogP) is 1.39. The number of hydrogen-bond acceptors (Lipinski definition) is 3. The van der Waals surface area contributed by atoms with Crippen LogP contribution in [0.15, 0.2) is 17.2 Å². The number of hydrogen-bond donors (Lipinski definition) is 2. The Hall–Kier alpha value is -0.850. The van der Waals surface area contributed by atoms with E-state index >= 15 is 0 Å². The number of aromatic nitrogens is 1. The molecule has 0 unspecified atom stereocenters. The average Bonchev–Trinajstić information content (AvgIpc) is 3.28. The summed E-state index contributed by atoms with van der Waals surface area (Å²) in [5.74, 6) is 0.715. The Kier molecular flexibility index (Phi) is 3.41. The molecule has 0 atom stereocenters. The van der Waals surface area contributed by atoms with E-state index in [1.807, 2.05) is 4.57 Å². The van der Waals surface area contributed by atoms with E-state index in [1.54, 1.807) is 12.3 Å². The number of sulfonamides is 1. The lowest BCUT2D eigenvalue weighted by Gasteiger charge is -2.04. The summed E-state index contributed by atoms with van der Waals surface area (Å²) in [6, 6.07) is 1.95. The van der Waals surface area contributed by atoms with Crippen molar-refractivity contribution < 1.29 is 13.5 Å². The van der Waals surface area contributed by atoms with Crippen molar-refractivity contribution in [1.82, 2.24) is 9.29 Å². The topological polar surface area (TPSA) is 71.3 Å². The number of rotatable bonds is 7. The molecule has 0 amide bonds. The normalized spacial score (nSPS) is 19.8. The van der Waals surface area contributed by atoms with E-state index in [0.29, 0.717) is 24.2 Å². The summed E-state index contributed by atoms with van der Waals surface area (Å²) in [7, 11) is -3.43. The van der Waals surface area contributed by atoms with Crippen molar-refractivity contribution in [3.63, 3.8) is 0 Å². The lowest BCUT2D eigenvalue weighted by molar-refractivity contribution is 0.270. The van der Waals surface area contributed by atoms with Crippen molar-refractivity contribution in [2.24, 2.45) is 5.92 Å². The van der Waals surface area contributed by atoms with Gasteiger partial charge in [0.15, 0.2) is 0 Å². The highest BCUT2D eigenvalue weighted by Gasteiger charge is 2.28. The number of nitrogens with zero attached hydrogens (tertiary/aromatic N) is 1. The van der Waals surface area contributed by atoms with Crippen molar-refractivity contribution in [3.8, 4) is 0 Å². The summed E-state index contributed by atoms with van der Waals surface area (Å²) in [6.07, 6.45) is 7.17. The van der Waals surface area contributed by atoms with Crippen LogP contribution in [0.25, 0.3) is 0 Å². The van der Waals surface area contributed by atoms with Gasteiger partial charge in [-0.15, -0.1) is 0 Å². The molecule has 106 valence electrons. The molecule has 2 aliphatic rings. The highest BCUT2D eigenvalue weighted by atomic mass is 32.2. The molecule has 1 heterocycles. The molecule has 2 fully saturated rings. The van der Waals surface area contributed by atoms with Crippen molar-refractivity contribution in [2.45, 2.75) is 49.6 Å². The van der Waals surface area contributed by atoms with Gasteiger partial charge in [0, 0.05) is 24.5 Å². The van der Waals surface area contributed by atoms with Crippen LogP contribution in [-0.2, 0) is 16.6 Å². The molecule has 5 nitrogen and oxygen atoms in total. The minimum atomic E-state index is -3.43. The summed E-state index contributed by atoms with van der Waals surface area (Å²) in [6.45, 7) is 0.393. The molecule has 1 aromatic rings. The van der Waals surface area contributed by atoms with Crippen LogP contribution in [0, 0.1) is 5.92 Å². The van der Waals surface area contributed by atoms with Crippen molar-refractivity contribution in [3.05, 3.63) is 18.0 Å². The molecule has 1 aromatic heterocycles. The molecule has 0 radical (unpaired) electrons. The van der Waals surface area contributed by atoms with Crippen LogP contribution < -0.4 is 4.72 Å². The van der Waals surface area contributed by atoms with Gasteiger partial charge in [0.2, 0.25) is 10.0 Å². The van der Waals surface area contributed by atoms with Gasteiger partial charge in [-0.3, -0.25) is 0 Å². The second-order valence-corrected chi connectivity index (χ2v) is 7.36. The molecular formula is C13H20N2O3S. The lowest BCUT2D eigenvalue weighted by atomic mass is 10.3. The minimum Gasteiger partial charge on any atom is -0.390 e. The van der Waals surface area contributed by atoms with Crippen molar-refractivity contribution in [2.75, 3.05) is 6.54 Å². The molecule has 0 aliphatic heterocycles. The van der Waals surface area contributed by atoms with E-state index in [0.717, 1.165) is 19.3 Å². The molecule has 19 heavy (non-hydrogen) atoms. The fourth-order valence-corrected chi connectivity index (χ4v) is 3.45. The Morgan fingerprint density at radius 2 is 2.05 bits per heavy atom. The maximum absolute atomic E-state index is 12.2. The van der Waals surface area contributed by atoms with Crippen LogP contribution in [0.3, 0.4) is 0 Å². The maximum atomic E-state index is 12.2. The maximum Gasteiger partial charge on any atom is 0.242 e. The van der Waals surface area contributed by atoms with E-state index < -0.39 is 10.0 Å². The SMILES string of the molecule is O=S(=O)(NCCC1CC1)c1cc(CO)n(C2CC2)c1. The minimum absolute atomic E-state index is 0.117. The van der Waals surface area contributed by atoms with Gasteiger partial charge < -0.3 is 9.67 Å². The van der Waals surface area contributed by atoms with Crippen LogP contribution >= 0.6 is 0 Å². The molecule has 0 saturated heterocycles. The van der Waals surface area contributed by atoms with Gasteiger partial charge in [-0.1, -0.05) is 12.8 Å². The summed E-state index contributed by atoms with van der Waals surface area (Å²) in [4.78, 5) is 0.277. The summed E-state index contributed by atoms with van der Waals surface area (Å²) >= 11 is 0. The van der Waals surface area contributed by atoms with Crippen LogP contribution in [0.1, 0.15) is 43.8 Å². The molecule has 2 saturated carbocycles. The molecule has 0 aromatic carbocycles. The number of nitrogens with one attached hydrogen (secondary N) is 1. The second kappa shape index (κ2) is 4.92. The first kappa shape index (κ1) is 13.1. The van der Waals surface area contributed by atoms with Crippen LogP contribution in [0.5, 0.6) is 0 Å². The Morgan fingerprint density at radius 3 is 2.63 bits per heavy atom. The highest BCUT2D eigenvalue weighted by Crippen LogP contribution is 2.37. The van der Waals surface area contributed by atoms with Gasteiger partial charge in [0.1, 0.15) is 0 Å². The first-order chi connectivity index (χ1) is 9.10. The predicted molar refractivity (Wildman–Crippen MR) is 71.2 cm³/mol. The molecule has 2 aliphatic carbocycles. The Labute approximate surface area is 113 Å². The third-order valence-electron chi connectivity index (χ3n) is 3.86. The Bertz CT molecular complexity index is 556. The molecule has 0 spiro atoms. The van der Waals surface area contributed by atoms with Crippen LogP contribution in [0.4, 0.5) is 0 Å². The fourth-order valence-electron chi connectivity index (χ4n) is 2.35. The number of aliphatic hydroxyl groups excluding tert-OH is 1. The quantitative estimate of drug-likeness (QED) is 0.795. The Balaban J connectivity index is 1.71. The van der Waals surface area contributed by atoms with E-state index in [-0.39, 0.29) is 11.5 Å². The summed E-state index contributed by atoms with van der Waals surface area (Å²) in [5, 5.41) is 9.30. The van der Waals surface area contributed by atoms with Gasteiger partial charge in [0.25, 0.3) is 0 Å². The number of aliphatic hydroxyl groups is 1. The molecule has 3 rings (SSSR count). The largest absolute Gasteiger partial charge is 0.390 e. The third-order valence-corrected chi connectivity index (χ3v) is 5.29. The Morgan fingerprint density at radius 1 is 1.32 bits per heavy atom. The van der Waals surface area contributed by atoms with Gasteiger partial charge in [-0.2, -0.15) is 0 Å². The van der Waals surface area contributed by atoms with Crippen LogP contribution in [-0.4, -0.2) is 24.6 Å². The van der Waals surface area contributed by atoms with Gasteiger partial charge in [0.05, 0.1) is 11.5 Å². The van der Waals surface area contributed by atoms with E-state index in [1.165, 1.54) is 12.8 Å². The molecule has 2 N–H and O–H groups in total. The van der Waals surface area contributed by atoms with E-state index in [4.69, 9.17) is 0 Å². The second-order valence-electron chi connectivity index (χ2n) is 5.59. The van der Waals surface area contributed by atoms with Crippen molar-refractivity contribution in [1.29, 1.82) is 0 Å². The smallest absolute Gasteiger partial charge is 0.242 e. The summed E-state index contributed by atoms with van der Waals surface area (Å²) in [5.41, 5.74) is 0.685. The monoisotopic (exact) mass is 284 g/mol. The molecular weight excluding hydrogens is 264 g/mol. The molecule has 0 bridgehead atoms. The standard InChI is InChI=1S/C13H20N2O3S/c16-9-12-7-13(8-15(12)11-3-4-11)19(17,18)14-6-5-10-1-2-10/h7-8,10-11,14,16H,1-6,9H2. The third kappa shape index (κ3) is 3.01. The van der Waals surface area contributed by atoms with Gasteiger partial charge in [-0.05, 0) is 31.2 Å². The van der Waals surface area contributed by atoms with E-state index in [9.17, 15) is 13.5 Å². The van der Waals surface area contributed by atoms with Crippen LogP contribution in [0.2, 0.25) is 0 Å². The first-order valence-electron chi connectivity index (χ1n) is 6.91. The van der Waals surface area contributed by atoms with Gasteiger partial charge in [-0.25, -0.2) is 13.1 Å². The summed E-state index contributed by atoms with van der Waals surface area (Å²) < 4.78 is 28.9. The zero-order chi connectivity index (χ0) is 13.5. The molecule has 6 heteroatoms. The zero-order valence-electron chi connectivity index (χ0n) is 10.9. The fraction of sp³-hybridized carbons (Fsp3) is 0.692. The average molecular weight is 284 g/mol. The highest BCUT2D eigenvalue weighted by molar-refractivity contribution is 7.89.